The second kappa shape index (κ2) is 6.57. The van der Waals surface area contributed by atoms with Crippen molar-refractivity contribution >= 4 is 0 Å². The zero-order chi connectivity index (χ0) is 14.5. The standard InChI is InChI=1S/C16H23N3O/c1-5-20-16-8-6-14(7-9-16)12(2)18-13(3)15-10-17-19(4)11-15/h6-13,18H,5H2,1-4H3. The number of benzene rings is 1. The number of rotatable bonds is 6. The Morgan fingerprint density at radius 2 is 1.80 bits per heavy atom. The molecule has 0 amide bonds. The summed E-state index contributed by atoms with van der Waals surface area (Å²) in [5.41, 5.74) is 2.45. The Kier molecular flexibility index (Phi) is 4.79. The van der Waals surface area contributed by atoms with Gasteiger partial charge >= 0.3 is 0 Å². The molecule has 0 aliphatic heterocycles. The molecule has 2 unspecified atom stereocenters. The van der Waals surface area contributed by atoms with Crippen molar-refractivity contribution in [3.05, 3.63) is 47.8 Å². The highest BCUT2D eigenvalue weighted by atomic mass is 16.5. The first-order chi connectivity index (χ1) is 9.60. The van der Waals surface area contributed by atoms with Crippen molar-refractivity contribution in [3.8, 4) is 5.75 Å². The smallest absolute Gasteiger partial charge is 0.119 e. The van der Waals surface area contributed by atoms with Crippen LogP contribution in [0.4, 0.5) is 0 Å². The van der Waals surface area contributed by atoms with Crippen molar-refractivity contribution in [3.63, 3.8) is 0 Å². The maximum atomic E-state index is 5.46. The zero-order valence-corrected chi connectivity index (χ0v) is 12.6. The molecule has 0 fully saturated rings. The van der Waals surface area contributed by atoms with Gasteiger partial charge < -0.3 is 10.1 Å². The second-order valence-electron chi connectivity index (χ2n) is 5.06. The Hall–Kier alpha value is -1.81. The first-order valence-corrected chi connectivity index (χ1v) is 7.07. The third-order valence-electron chi connectivity index (χ3n) is 3.42. The summed E-state index contributed by atoms with van der Waals surface area (Å²) in [6.45, 7) is 7.02. The monoisotopic (exact) mass is 273 g/mol. The highest BCUT2D eigenvalue weighted by Crippen LogP contribution is 2.21. The third kappa shape index (κ3) is 3.61. The Labute approximate surface area is 120 Å². The minimum absolute atomic E-state index is 0.269. The summed E-state index contributed by atoms with van der Waals surface area (Å²) >= 11 is 0. The Balaban J connectivity index is 1.98. The summed E-state index contributed by atoms with van der Waals surface area (Å²) in [5.74, 6) is 0.920. The lowest BCUT2D eigenvalue weighted by Gasteiger charge is -2.19. The largest absolute Gasteiger partial charge is 0.494 e. The molecule has 1 heterocycles. The lowest BCUT2D eigenvalue weighted by atomic mass is 10.1. The molecule has 0 saturated carbocycles. The van der Waals surface area contributed by atoms with Gasteiger partial charge in [-0.15, -0.1) is 0 Å². The first-order valence-electron chi connectivity index (χ1n) is 7.07. The molecule has 0 saturated heterocycles. The molecule has 4 heteroatoms. The lowest BCUT2D eigenvalue weighted by Crippen LogP contribution is -2.22. The molecular weight excluding hydrogens is 250 g/mol. The number of aryl methyl sites for hydroxylation is 1. The summed E-state index contributed by atoms with van der Waals surface area (Å²) in [7, 11) is 1.94. The third-order valence-corrected chi connectivity index (χ3v) is 3.42. The van der Waals surface area contributed by atoms with E-state index in [-0.39, 0.29) is 12.1 Å². The van der Waals surface area contributed by atoms with Crippen LogP contribution in [-0.2, 0) is 7.05 Å². The Morgan fingerprint density at radius 1 is 1.15 bits per heavy atom. The molecule has 2 atom stereocenters. The Bertz CT molecular complexity index is 533. The van der Waals surface area contributed by atoms with Gasteiger partial charge in [0.05, 0.1) is 12.8 Å². The van der Waals surface area contributed by atoms with Crippen molar-refractivity contribution in [1.82, 2.24) is 15.1 Å². The molecule has 1 N–H and O–H groups in total. The molecule has 0 radical (unpaired) electrons. The molecule has 0 spiro atoms. The predicted molar refractivity (Wildman–Crippen MR) is 80.8 cm³/mol. The van der Waals surface area contributed by atoms with Crippen molar-refractivity contribution in [1.29, 1.82) is 0 Å². The molecule has 1 aromatic carbocycles. The van der Waals surface area contributed by atoms with Crippen LogP contribution in [0.5, 0.6) is 5.75 Å². The molecule has 108 valence electrons. The van der Waals surface area contributed by atoms with E-state index in [9.17, 15) is 0 Å². The fourth-order valence-corrected chi connectivity index (χ4v) is 2.25. The molecule has 2 aromatic rings. The van der Waals surface area contributed by atoms with Crippen molar-refractivity contribution in [2.45, 2.75) is 32.9 Å². The topological polar surface area (TPSA) is 39.1 Å². The summed E-state index contributed by atoms with van der Waals surface area (Å²) < 4.78 is 7.29. The van der Waals surface area contributed by atoms with Gasteiger partial charge in [-0.3, -0.25) is 4.68 Å². The van der Waals surface area contributed by atoms with E-state index in [2.05, 4.69) is 36.4 Å². The second-order valence-corrected chi connectivity index (χ2v) is 5.06. The van der Waals surface area contributed by atoms with Crippen LogP contribution in [0.3, 0.4) is 0 Å². The lowest BCUT2D eigenvalue weighted by molar-refractivity contribution is 0.340. The summed E-state index contributed by atoms with van der Waals surface area (Å²) in [6.07, 6.45) is 3.95. The van der Waals surface area contributed by atoms with E-state index in [4.69, 9.17) is 4.74 Å². The van der Waals surface area contributed by atoms with Gasteiger partial charge in [-0.05, 0) is 38.5 Å². The van der Waals surface area contributed by atoms with Crippen LogP contribution >= 0.6 is 0 Å². The van der Waals surface area contributed by atoms with E-state index in [1.807, 2.05) is 43.2 Å². The first kappa shape index (κ1) is 14.6. The quantitative estimate of drug-likeness (QED) is 0.878. The van der Waals surface area contributed by atoms with Crippen LogP contribution in [-0.4, -0.2) is 16.4 Å². The van der Waals surface area contributed by atoms with Gasteiger partial charge in [-0.2, -0.15) is 5.10 Å². The maximum Gasteiger partial charge on any atom is 0.119 e. The number of hydrogen-bond acceptors (Lipinski definition) is 3. The van der Waals surface area contributed by atoms with Gasteiger partial charge in [-0.1, -0.05) is 12.1 Å². The number of ether oxygens (including phenoxy) is 1. The minimum atomic E-state index is 0.269. The van der Waals surface area contributed by atoms with Gasteiger partial charge in [-0.25, -0.2) is 0 Å². The molecule has 2 rings (SSSR count). The average molecular weight is 273 g/mol. The number of nitrogens with one attached hydrogen (secondary N) is 1. The van der Waals surface area contributed by atoms with E-state index < -0.39 is 0 Å². The van der Waals surface area contributed by atoms with Crippen LogP contribution in [0.1, 0.15) is 44.0 Å². The van der Waals surface area contributed by atoms with Gasteiger partial charge in [0.25, 0.3) is 0 Å². The highest BCUT2D eigenvalue weighted by molar-refractivity contribution is 5.29. The van der Waals surface area contributed by atoms with Gasteiger partial charge in [0, 0.05) is 30.9 Å². The van der Waals surface area contributed by atoms with Crippen LogP contribution in [0.25, 0.3) is 0 Å². The molecule has 0 aliphatic rings. The fraction of sp³-hybridized carbons (Fsp3) is 0.438. The molecule has 1 aromatic heterocycles. The van der Waals surface area contributed by atoms with E-state index in [0.717, 1.165) is 5.75 Å². The average Bonchev–Trinajstić information content (AvgIpc) is 2.86. The van der Waals surface area contributed by atoms with Crippen molar-refractivity contribution in [2.75, 3.05) is 6.61 Å². The van der Waals surface area contributed by atoms with Gasteiger partial charge in [0.2, 0.25) is 0 Å². The van der Waals surface area contributed by atoms with Crippen LogP contribution in [0.2, 0.25) is 0 Å². The molecular formula is C16H23N3O. The molecule has 4 nitrogen and oxygen atoms in total. The van der Waals surface area contributed by atoms with E-state index in [1.165, 1.54) is 11.1 Å². The van der Waals surface area contributed by atoms with Crippen LogP contribution < -0.4 is 10.1 Å². The Morgan fingerprint density at radius 3 is 2.35 bits per heavy atom. The van der Waals surface area contributed by atoms with Crippen LogP contribution in [0, 0.1) is 0 Å². The van der Waals surface area contributed by atoms with E-state index >= 15 is 0 Å². The predicted octanol–water partition coefficient (Wildman–Crippen LogP) is 3.23. The summed E-state index contributed by atoms with van der Waals surface area (Å²) in [5, 5.41) is 7.79. The van der Waals surface area contributed by atoms with Crippen molar-refractivity contribution < 1.29 is 4.74 Å². The SMILES string of the molecule is CCOc1ccc(C(C)NC(C)c2cnn(C)c2)cc1. The van der Waals surface area contributed by atoms with E-state index in [0.29, 0.717) is 6.61 Å². The minimum Gasteiger partial charge on any atom is -0.494 e. The maximum absolute atomic E-state index is 5.46. The summed E-state index contributed by atoms with van der Waals surface area (Å²) in [6, 6.07) is 8.81. The van der Waals surface area contributed by atoms with E-state index in [1.54, 1.807) is 0 Å². The number of hydrogen-bond donors (Lipinski definition) is 1. The zero-order valence-electron chi connectivity index (χ0n) is 12.6. The molecule has 20 heavy (non-hydrogen) atoms. The number of nitrogens with zero attached hydrogens (tertiary/aromatic N) is 2. The van der Waals surface area contributed by atoms with Gasteiger partial charge in [0.15, 0.2) is 0 Å². The fourth-order valence-electron chi connectivity index (χ4n) is 2.25. The highest BCUT2D eigenvalue weighted by Gasteiger charge is 2.12. The number of aromatic nitrogens is 2. The van der Waals surface area contributed by atoms with Crippen molar-refractivity contribution in [2.24, 2.45) is 7.05 Å². The molecule has 0 bridgehead atoms. The van der Waals surface area contributed by atoms with Crippen LogP contribution in [0.15, 0.2) is 36.7 Å². The summed E-state index contributed by atoms with van der Waals surface area (Å²) in [4.78, 5) is 0. The van der Waals surface area contributed by atoms with Gasteiger partial charge in [0.1, 0.15) is 5.75 Å². The normalized spacial score (nSPS) is 14.0. The molecule has 0 aliphatic carbocycles.